The van der Waals surface area contributed by atoms with Gasteiger partial charge in [-0.05, 0) is 42.9 Å². The Hall–Kier alpha value is -1.55. The molecule has 0 saturated heterocycles. The number of rotatable bonds is 9. The minimum Gasteiger partial charge on any atom is -0.333 e. The Morgan fingerprint density at radius 3 is 2.82 bits per heavy atom. The van der Waals surface area contributed by atoms with E-state index in [1.807, 2.05) is 36.2 Å². The molecule has 0 saturated carbocycles. The maximum atomic E-state index is 4.63. The topological polar surface area (TPSA) is 67.3 Å². The van der Waals surface area contributed by atoms with Gasteiger partial charge in [0.05, 0.1) is 16.7 Å². The van der Waals surface area contributed by atoms with Crippen molar-refractivity contribution in [3.63, 3.8) is 0 Å². The lowest BCUT2D eigenvalue weighted by molar-refractivity contribution is 1.01. The first-order valence-electron chi connectivity index (χ1n) is 8.83. The van der Waals surface area contributed by atoms with Gasteiger partial charge < -0.3 is 4.98 Å². The van der Waals surface area contributed by atoms with Gasteiger partial charge in [0.2, 0.25) is 0 Å². The van der Waals surface area contributed by atoms with Crippen LogP contribution in [-0.2, 0) is 5.75 Å². The lowest BCUT2D eigenvalue weighted by Gasteiger charge is -2.09. The maximum Gasteiger partial charge on any atom is 0.174 e. The maximum absolute atomic E-state index is 4.63. The zero-order valence-corrected chi connectivity index (χ0v) is 18.6. The van der Waals surface area contributed by atoms with Crippen LogP contribution >= 0.6 is 46.6 Å². The number of aromatic amines is 1. The van der Waals surface area contributed by atoms with Crippen molar-refractivity contribution in [2.75, 3.05) is 11.5 Å². The number of nitrogens with zero attached hydrogens (tertiary/aromatic N) is 4. The molecule has 0 atom stereocenters. The van der Waals surface area contributed by atoms with E-state index in [2.05, 4.69) is 44.2 Å². The summed E-state index contributed by atoms with van der Waals surface area (Å²) in [4.78, 5) is 13.9. The van der Waals surface area contributed by atoms with Gasteiger partial charge in [-0.25, -0.2) is 4.98 Å². The Balaban J connectivity index is 1.30. The molecule has 5 nitrogen and oxygen atoms in total. The number of para-hydroxylation sites is 2. The highest BCUT2D eigenvalue weighted by atomic mass is 32.2. The van der Waals surface area contributed by atoms with Gasteiger partial charge in [0, 0.05) is 22.6 Å². The number of aromatic nitrogens is 5. The summed E-state index contributed by atoms with van der Waals surface area (Å²) in [5, 5.41) is 8.87. The smallest absolute Gasteiger partial charge is 0.174 e. The molecule has 0 bridgehead atoms. The van der Waals surface area contributed by atoms with Crippen LogP contribution < -0.4 is 0 Å². The van der Waals surface area contributed by atoms with Gasteiger partial charge in [0.25, 0.3) is 0 Å². The van der Waals surface area contributed by atoms with E-state index in [9.17, 15) is 0 Å². The second kappa shape index (κ2) is 9.78. The minimum absolute atomic E-state index is 0.812. The zero-order chi connectivity index (χ0) is 19.2. The Morgan fingerprint density at radius 1 is 1.07 bits per heavy atom. The largest absolute Gasteiger partial charge is 0.333 e. The highest BCUT2D eigenvalue weighted by molar-refractivity contribution is 8.01. The number of benzene rings is 1. The Labute approximate surface area is 180 Å². The molecule has 3 aromatic heterocycles. The second-order valence-corrected chi connectivity index (χ2v) is 10.3. The van der Waals surface area contributed by atoms with Gasteiger partial charge in [-0.1, -0.05) is 47.0 Å². The van der Waals surface area contributed by atoms with Gasteiger partial charge >= 0.3 is 0 Å². The van der Waals surface area contributed by atoms with Crippen LogP contribution in [0.5, 0.6) is 0 Å². The Morgan fingerprint density at radius 2 is 1.96 bits per heavy atom. The monoisotopic (exact) mass is 445 g/mol. The van der Waals surface area contributed by atoms with Crippen LogP contribution in [0, 0.1) is 6.92 Å². The average Bonchev–Trinajstić information content (AvgIpc) is 3.37. The average molecular weight is 446 g/mol. The predicted octanol–water partition coefficient (Wildman–Crippen LogP) is 5.68. The van der Waals surface area contributed by atoms with Crippen molar-refractivity contribution in [3.8, 4) is 0 Å². The van der Waals surface area contributed by atoms with E-state index in [1.165, 1.54) is 10.5 Å². The molecule has 1 aromatic carbocycles. The van der Waals surface area contributed by atoms with Crippen molar-refractivity contribution in [1.82, 2.24) is 25.1 Å². The standard InChI is InChI=1S/C19H19N5S4/c1-13-16(11-27-18-22-14-5-2-3-6-15(14)23-18)20-8-7-17(13)25-9-4-10-26-19-24-21-12-28-19/h2-3,5-8,12H,4,9-11H2,1H3,(H,22,23). The molecular formula is C19H19N5S4. The van der Waals surface area contributed by atoms with Crippen LogP contribution in [-0.4, -0.2) is 36.7 Å². The summed E-state index contributed by atoms with van der Waals surface area (Å²) in [6.07, 6.45) is 3.06. The first kappa shape index (κ1) is 19.8. The van der Waals surface area contributed by atoms with E-state index in [4.69, 9.17) is 0 Å². The number of H-pyrrole nitrogens is 1. The van der Waals surface area contributed by atoms with Crippen molar-refractivity contribution < 1.29 is 0 Å². The summed E-state index contributed by atoms with van der Waals surface area (Å²) in [5.41, 5.74) is 6.25. The molecule has 1 N–H and O–H groups in total. The third-order valence-corrected chi connectivity index (χ3v) is 8.16. The summed E-state index contributed by atoms with van der Waals surface area (Å²) < 4.78 is 1.05. The molecule has 0 aliphatic rings. The molecule has 0 amide bonds. The fourth-order valence-electron chi connectivity index (χ4n) is 2.62. The van der Waals surface area contributed by atoms with Gasteiger partial charge in [0.15, 0.2) is 9.50 Å². The predicted molar refractivity (Wildman–Crippen MR) is 121 cm³/mol. The number of imidazole rings is 1. The van der Waals surface area contributed by atoms with Gasteiger partial charge in [-0.3, -0.25) is 4.98 Å². The third kappa shape index (κ3) is 5.08. The molecule has 4 aromatic rings. The van der Waals surface area contributed by atoms with Crippen LogP contribution in [0.2, 0.25) is 0 Å². The molecule has 0 aliphatic heterocycles. The fourth-order valence-corrected chi connectivity index (χ4v) is 6.21. The highest BCUT2D eigenvalue weighted by Crippen LogP contribution is 2.29. The number of nitrogens with one attached hydrogen (secondary N) is 1. The zero-order valence-electron chi connectivity index (χ0n) is 15.3. The molecule has 3 heterocycles. The molecule has 4 rings (SSSR count). The van der Waals surface area contributed by atoms with Crippen LogP contribution in [0.4, 0.5) is 0 Å². The number of fused-ring (bicyclic) bond motifs is 1. The molecular weight excluding hydrogens is 427 g/mol. The quantitative estimate of drug-likeness (QED) is 0.262. The Bertz CT molecular complexity index is 999. The van der Waals surface area contributed by atoms with Crippen LogP contribution in [0.15, 0.2) is 56.4 Å². The first-order chi connectivity index (χ1) is 13.8. The SMILES string of the molecule is Cc1c(SCCCSc2nncs2)ccnc1CSc1nc2ccccc2[nH]1. The Kier molecular flexibility index (Phi) is 6.90. The minimum atomic E-state index is 0.812. The summed E-state index contributed by atoms with van der Waals surface area (Å²) in [6, 6.07) is 10.2. The first-order valence-corrected chi connectivity index (χ1v) is 12.7. The number of hydrogen-bond acceptors (Lipinski definition) is 8. The normalized spacial score (nSPS) is 11.3. The van der Waals surface area contributed by atoms with Crippen LogP contribution in [0.3, 0.4) is 0 Å². The molecule has 0 spiro atoms. The van der Waals surface area contributed by atoms with Crippen molar-refractivity contribution >= 4 is 57.7 Å². The number of pyridine rings is 1. The van der Waals surface area contributed by atoms with E-state index in [1.54, 1.807) is 40.4 Å². The molecule has 144 valence electrons. The van der Waals surface area contributed by atoms with Gasteiger partial charge in [-0.2, -0.15) is 0 Å². The van der Waals surface area contributed by atoms with E-state index < -0.39 is 0 Å². The van der Waals surface area contributed by atoms with Crippen molar-refractivity contribution in [2.45, 2.75) is 33.5 Å². The van der Waals surface area contributed by atoms with Crippen molar-refractivity contribution in [2.24, 2.45) is 0 Å². The molecule has 0 radical (unpaired) electrons. The molecule has 0 aliphatic carbocycles. The number of thioether (sulfide) groups is 3. The van der Waals surface area contributed by atoms with E-state index in [0.717, 1.165) is 49.9 Å². The van der Waals surface area contributed by atoms with Crippen LogP contribution in [0.1, 0.15) is 17.7 Å². The van der Waals surface area contributed by atoms with E-state index in [0.29, 0.717) is 0 Å². The molecule has 28 heavy (non-hydrogen) atoms. The van der Waals surface area contributed by atoms with Crippen LogP contribution in [0.25, 0.3) is 11.0 Å². The third-order valence-electron chi connectivity index (χ3n) is 4.08. The highest BCUT2D eigenvalue weighted by Gasteiger charge is 2.09. The van der Waals surface area contributed by atoms with E-state index >= 15 is 0 Å². The summed E-state index contributed by atoms with van der Waals surface area (Å²) >= 11 is 6.99. The summed E-state index contributed by atoms with van der Waals surface area (Å²) in [5.74, 6) is 2.97. The van der Waals surface area contributed by atoms with Gasteiger partial charge in [-0.15, -0.1) is 22.0 Å². The lowest BCUT2D eigenvalue weighted by atomic mass is 10.2. The lowest BCUT2D eigenvalue weighted by Crippen LogP contribution is -1.95. The second-order valence-electron chi connectivity index (χ2n) is 5.98. The molecule has 0 fully saturated rings. The van der Waals surface area contributed by atoms with Crippen molar-refractivity contribution in [1.29, 1.82) is 0 Å². The molecule has 0 unspecified atom stereocenters. The summed E-state index contributed by atoms with van der Waals surface area (Å²) in [7, 11) is 0. The van der Waals surface area contributed by atoms with Crippen molar-refractivity contribution in [3.05, 3.63) is 53.3 Å². The summed E-state index contributed by atoms with van der Waals surface area (Å²) in [6.45, 7) is 2.17. The fraction of sp³-hybridized carbons (Fsp3) is 0.263. The number of hydrogen-bond donors (Lipinski definition) is 1. The van der Waals surface area contributed by atoms with Gasteiger partial charge in [0.1, 0.15) is 5.51 Å². The van der Waals surface area contributed by atoms with E-state index in [-0.39, 0.29) is 0 Å². The molecule has 9 heteroatoms.